The highest BCUT2D eigenvalue weighted by Crippen LogP contribution is 2.32. The maximum absolute atomic E-state index is 12.3. The van der Waals surface area contributed by atoms with E-state index in [1.54, 1.807) is 36.5 Å². The molecular weight excluding hydrogens is 284 g/mol. The molecular formula is C15H10N4OS. The molecule has 0 aliphatic carbocycles. The molecule has 5 nitrogen and oxygen atoms in total. The number of thiophene rings is 1. The zero-order valence-corrected chi connectivity index (χ0v) is 11.6. The number of hydrogen-bond acceptors (Lipinski definition) is 5. The average molecular weight is 294 g/mol. The molecule has 0 radical (unpaired) electrons. The van der Waals surface area contributed by atoms with Crippen molar-refractivity contribution in [3.05, 3.63) is 53.0 Å². The van der Waals surface area contributed by atoms with Crippen molar-refractivity contribution in [3.63, 3.8) is 0 Å². The fourth-order valence-corrected chi connectivity index (χ4v) is 2.89. The third kappa shape index (κ3) is 2.42. The summed E-state index contributed by atoms with van der Waals surface area (Å²) in [6.45, 7) is 0. The second kappa shape index (κ2) is 5.23. The molecule has 2 aromatic heterocycles. The van der Waals surface area contributed by atoms with Crippen LogP contribution in [0.3, 0.4) is 0 Å². The van der Waals surface area contributed by atoms with Gasteiger partial charge in [0.1, 0.15) is 9.71 Å². The third-order valence-corrected chi connectivity index (χ3v) is 4.11. The van der Waals surface area contributed by atoms with Gasteiger partial charge in [0, 0.05) is 17.3 Å². The van der Waals surface area contributed by atoms with Crippen LogP contribution in [0.5, 0.6) is 0 Å². The summed E-state index contributed by atoms with van der Waals surface area (Å²) in [6, 6.07) is 12.3. The van der Waals surface area contributed by atoms with Crippen LogP contribution in [-0.2, 0) is 0 Å². The summed E-state index contributed by atoms with van der Waals surface area (Å²) in [4.78, 5) is 17.7. The first-order valence-corrected chi connectivity index (χ1v) is 6.95. The maximum atomic E-state index is 12.3. The molecule has 1 amide bonds. The number of pyridine rings is 1. The lowest BCUT2D eigenvalue weighted by Crippen LogP contribution is -2.11. The van der Waals surface area contributed by atoms with E-state index in [2.05, 4.69) is 10.3 Å². The van der Waals surface area contributed by atoms with Gasteiger partial charge in [0.25, 0.3) is 5.91 Å². The summed E-state index contributed by atoms with van der Waals surface area (Å²) in [5, 5.41) is 12.3. The van der Waals surface area contributed by atoms with Crippen LogP contribution in [0.15, 0.2) is 42.6 Å². The van der Waals surface area contributed by atoms with E-state index in [0.29, 0.717) is 21.8 Å². The molecule has 0 fully saturated rings. The number of nitrogens with two attached hydrogens (primary N) is 1. The number of nitrogens with zero attached hydrogens (tertiary/aromatic N) is 2. The van der Waals surface area contributed by atoms with E-state index in [-0.39, 0.29) is 5.91 Å². The minimum absolute atomic E-state index is 0.278. The number of benzene rings is 1. The second-order valence-electron chi connectivity index (χ2n) is 4.34. The monoisotopic (exact) mass is 294 g/mol. The Labute approximate surface area is 124 Å². The smallest absolute Gasteiger partial charge is 0.267 e. The topological polar surface area (TPSA) is 91.8 Å². The Hall–Kier alpha value is -2.91. The molecule has 0 aliphatic heterocycles. The van der Waals surface area contributed by atoms with Crippen LogP contribution in [-0.4, -0.2) is 10.9 Å². The van der Waals surface area contributed by atoms with Crippen LogP contribution in [0.2, 0.25) is 0 Å². The number of amides is 1. The quantitative estimate of drug-likeness (QED) is 0.760. The van der Waals surface area contributed by atoms with Crippen molar-refractivity contribution >= 4 is 38.8 Å². The molecule has 0 saturated heterocycles. The van der Waals surface area contributed by atoms with Crippen molar-refractivity contribution < 1.29 is 4.79 Å². The molecule has 0 unspecified atom stereocenters. The molecule has 0 aliphatic rings. The first-order chi connectivity index (χ1) is 10.2. The van der Waals surface area contributed by atoms with Crippen LogP contribution in [0.1, 0.15) is 15.2 Å². The predicted molar refractivity (Wildman–Crippen MR) is 83.1 cm³/mol. The van der Waals surface area contributed by atoms with Gasteiger partial charge in [-0.25, -0.2) is 4.98 Å². The third-order valence-electron chi connectivity index (χ3n) is 2.98. The number of carbonyl (C=O) groups excluding carboxylic acids is 1. The molecule has 3 N–H and O–H groups in total. The van der Waals surface area contributed by atoms with E-state index < -0.39 is 0 Å². The van der Waals surface area contributed by atoms with Gasteiger partial charge in [0.15, 0.2) is 0 Å². The maximum Gasteiger partial charge on any atom is 0.267 e. The lowest BCUT2D eigenvalue weighted by Gasteiger charge is -2.04. The Morgan fingerprint density at radius 3 is 2.71 bits per heavy atom. The van der Waals surface area contributed by atoms with Crippen molar-refractivity contribution in [1.29, 1.82) is 5.26 Å². The zero-order valence-electron chi connectivity index (χ0n) is 10.8. The van der Waals surface area contributed by atoms with E-state index in [4.69, 9.17) is 11.0 Å². The molecule has 3 rings (SSSR count). The summed E-state index contributed by atoms with van der Waals surface area (Å²) in [5.74, 6) is -0.278. The first kappa shape index (κ1) is 13.1. The van der Waals surface area contributed by atoms with Gasteiger partial charge in [-0.05, 0) is 36.4 Å². The lowest BCUT2D eigenvalue weighted by atomic mass is 10.2. The standard InChI is InChI=1S/C15H10N4OS/c16-8-9-3-5-10(6-4-9)19-14(20)13-12(17)11-2-1-7-18-15(11)21-13/h1-7H,17H2,(H,19,20). The van der Waals surface area contributed by atoms with E-state index in [1.807, 2.05) is 12.1 Å². The number of fused-ring (bicyclic) bond motifs is 1. The van der Waals surface area contributed by atoms with E-state index >= 15 is 0 Å². The number of carbonyl (C=O) groups is 1. The van der Waals surface area contributed by atoms with Crippen molar-refractivity contribution in [2.45, 2.75) is 0 Å². The van der Waals surface area contributed by atoms with Gasteiger partial charge in [0.05, 0.1) is 17.3 Å². The summed E-state index contributed by atoms with van der Waals surface area (Å²) < 4.78 is 0. The Kier molecular flexibility index (Phi) is 3.26. The van der Waals surface area contributed by atoms with Crippen LogP contribution >= 0.6 is 11.3 Å². The predicted octanol–water partition coefficient (Wildman–Crippen LogP) is 3.00. The summed E-state index contributed by atoms with van der Waals surface area (Å²) in [6.07, 6.45) is 1.67. The van der Waals surface area contributed by atoms with E-state index in [0.717, 1.165) is 10.2 Å². The molecule has 21 heavy (non-hydrogen) atoms. The van der Waals surface area contributed by atoms with E-state index in [1.165, 1.54) is 11.3 Å². The number of nitrogen functional groups attached to an aromatic ring is 1. The fourth-order valence-electron chi connectivity index (χ4n) is 1.94. The number of hydrogen-bond donors (Lipinski definition) is 2. The molecule has 1 aromatic carbocycles. The average Bonchev–Trinajstić information content (AvgIpc) is 2.86. The number of nitrogens with one attached hydrogen (secondary N) is 1. The first-order valence-electron chi connectivity index (χ1n) is 6.13. The highest BCUT2D eigenvalue weighted by Gasteiger charge is 2.16. The minimum Gasteiger partial charge on any atom is -0.397 e. The van der Waals surface area contributed by atoms with Crippen LogP contribution in [0.4, 0.5) is 11.4 Å². The lowest BCUT2D eigenvalue weighted by molar-refractivity contribution is 0.103. The molecule has 0 atom stereocenters. The number of rotatable bonds is 2. The summed E-state index contributed by atoms with van der Waals surface area (Å²) in [7, 11) is 0. The molecule has 3 aromatic rings. The SMILES string of the molecule is N#Cc1ccc(NC(=O)c2sc3ncccc3c2N)cc1. The van der Waals surface area contributed by atoms with Crippen LogP contribution in [0, 0.1) is 11.3 Å². The minimum atomic E-state index is -0.278. The van der Waals surface area contributed by atoms with Gasteiger partial charge >= 0.3 is 0 Å². The second-order valence-corrected chi connectivity index (χ2v) is 5.34. The molecule has 0 saturated carbocycles. The van der Waals surface area contributed by atoms with Crippen LogP contribution in [0.25, 0.3) is 10.2 Å². The van der Waals surface area contributed by atoms with Crippen molar-refractivity contribution in [1.82, 2.24) is 4.98 Å². The number of anilines is 2. The van der Waals surface area contributed by atoms with Gasteiger partial charge in [-0.3, -0.25) is 4.79 Å². The highest BCUT2D eigenvalue weighted by atomic mass is 32.1. The zero-order chi connectivity index (χ0) is 14.8. The normalized spacial score (nSPS) is 10.2. The Bertz CT molecular complexity index is 862. The highest BCUT2D eigenvalue weighted by molar-refractivity contribution is 7.21. The van der Waals surface area contributed by atoms with Gasteiger partial charge in [-0.15, -0.1) is 11.3 Å². The molecule has 6 heteroatoms. The largest absolute Gasteiger partial charge is 0.397 e. The van der Waals surface area contributed by atoms with E-state index in [9.17, 15) is 4.79 Å². The number of nitriles is 1. The molecule has 0 bridgehead atoms. The summed E-state index contributed by atoms with van der Waals surface area (Å²) >= 11 is 1.26. The Morgan fingerprint density at radius 1 is 1.29 bits per heavy atom. The Morgan fingerprint density at radius 2 is 2.05 bits per heavy atom. The molecule has 102 valence electrons. The van der Waals surface area contributed by atoms with Crippen molar-refractivity contribution in [2.75, 3.05) is 11.1 Å². The molecule has 0 spiro atoms. The van der Waals surface area contributed by atoms with Crippen LogP contribution < -0.4 is 11.1 Å². The van der Waals surface area contributed by atoms with Gasteiger partial charge in [-0.1, -0.05) is 0 Å². The van der Waals surface area contributed by atoms with Gasteiger partial charge < -0.3 is 11.1 Å². The summed E-state index contributed by atoms with van der Waals surface area (Å²) in [5.41, 5.74) is 7.60. The Balaban J connectivity index is 1.90. The van der Waals surface area contributed by atoms with Crippen molar-refractivity contribution in [3.8, 4) is 6.07 Å². The van der Waals surface area contributed by atoms with Crippen molar-refractivity contribution in [2.24, 2.45) is 0 Å². The number of aromatic nitrogens is 1. The van der Waals surface area contributed by atoms with Gasteiger partial charge in [0.2, 0.25) is 0 Å². The molecule has 2 heterocycles. The van der Waals surface area contributed by atoms with Gasteiger partial charge in [-0.2, -0.15) is 5.26 Å². The fraction of sp³-hybridized carbons (Fsp3) is 0.